The van der Waals surface area contributed by atoms with Crippen molar-refractivity contribution in [1.82, 2.24) is 0 Å². The number of hydrogen-bond donors (Lipinski definition) is 3. The van der Waals surface area contributed by atoms with E-state index in [-0.39, 0.29) is 5.96 Å². The van der Waals surface area contributed by atoms with Crippen molar-refractivity contribution in [3.63, 3.8) is 0 Å². The van der Waals surface area contributed by atoms with Crippen LogP contribution in [0.2, 0.25) is 5.02 Å². The van der Waals surface area contributed by atoms with Gasteiger partial charge in [0.25, 0.3) is 0 Å². The Morgan fingerprint density at radius 3 is 2.58 bits per heavy atom. The summed E-state index contributed by atoms with van der Waals surface area (Å²) in [7, 11) is 1.47. The number of halogens is 4. The standard InChI is InChI=1S/C16H14ClF3N4O2/c1-26-12-5-2-8(6-9(12)17)23-16(21)22-7-13(25)24-11-4-3-10(18)14(19)15(11)20/h2-6H,7H2,1H3,(H,24,25)(H3,21,22,23). The molecule has 138 valence electrons. The summed E-state index contributed by atoms with van der Waals surface area (Å²) in [4.78, 5) is 15.5. The molecule has 0 radical (unpaired) electrons. The van der Waals surface area contributed by atoms with Crippen LogP contribution in [-0.4, -0.2) is 25.5 Å². The number of nitrogens with one attached hydrogen (secondary N) is 2. The lowest BCUT2D eigenvalue weighted by atomic mass is 10.3. The highest BCUT2D eigenvalue weighted by molar-refractivity contribution is 6.32. The van der Waals surface area contributed by atoms with Crippen LogP contribution in [0.15, 0.2) is 35.3 Å². The molecule has 1 amide bonds. The van der Waals surface area contributed by atoms with Crippen molar-refractivity contribution < 1.29 is 22.7 Å². The molecule has 2 aromatic carbocycles. The highest BCUT2D eigenvalue weighted by Gasteiger charge is 2.15. The van der Waals surface area contributed by atoms with E-state index in [0.29, 0.717) is 22.5 Å². The normalized spacial score (nSPS) is 11.2. The van der Waals surface area contributed by atoms with Gasteiger partial charge in [-0.1, -0.05) is 11.6 Å². The van der Waals surface area contributed by atoms with Crippen molar-refractivity contribution in [2.75, 3.05) is 24.3 Å². The largest absolute Gasteiger partial charge is 0.495 e. The number of anilines is 2. The first-order valence-electron chi connectivity index (χ1n) is 7.15. The smallest absolute Gasteiger partial charge is 0.246 e. The van der Waals surface area contributed by atoms with Crippen LogP contribution in [0.4, 0.5) is 24.5 Å². The fourth-order valence-corrected chi connectivity index (χ4v) is 2.16. The second-order valence-electron chi connectivity index (χ2n) is 4.95. The van der Waals surface area contributed by atoms with Crippen molar-refractivity contribution >= 4 is 34.8 Å². The van der Waals surface area contributed by atoms with Gasteiger partial charge >= 0.3 is 0 Å². The number of amides is 1. The molecule has 0 bridgehead atoms. The Morgan fingerprint density at radius 2 is 1.92 bits per heavy atom. The Hall–Kier alpha value is -2.94. The zero-order chi connectivity index (χ0) is 19.3. The molecule has 0 atom stereocenters. The topological polar surface area (TPSA) is 88.7 Å². The number of hydrogen-bond acceptors (Lipinski definition) is 3. The predicted molar refractivity (Wildman–Crippen MR) is 93.1 cm³/mol. The minimum absolute atomic E-state index is 0.104. The summed E-state index contributed by atoms with van der Waals surface area (Å²) in [6, 6.07) is 6.37. The number of carbonyl (C=O) groups excluding carboxylic acids is 1. The van der Waals surface area contributed by atoms with E-state index in [0.717, 1.165) is 6.07 Å². The van der Waals surface area contributed by atoms with E-state index >= 15 is 0 Å². The van der Waals surface area contributed by atoms with Crippen LogP contribution in [0.3, 0.4) is 0 Å². The van der Waals surface area contributed by atoms with Gasteiger partial charge in [0.15, 0.2) is 23.4 Å². The maximum Gasteiger partial charge on any atom is 0.246 e. The Morgan fingerprint density at radius 1 is 1.19 bits per heavy atom. The molecule has 2 aromatic rings. The van der Waals surface area contributed by atoms with Gasteiger partial charge in [-0.2, -0.15) is 0 Å². The third-order valence-corrected chi connectivity index (χ3v) is 3.42. The molecule has 0 aliphatic rings. The van der Waals surface area contributed by atoms with Crippen LogP contribution < -0.4 is 21.1 Å². The van der Waals surface area contributed by atoms with E-state index in [4.69, 9.17) is 22.1 Å². The number of nitrogens with two attached hydrogens (primary N) is 1. The molecular weight excluding hydrogens is 373 g/mol. The Bertz CT molecular complexity index is 862. The third-order valence-electron chi connectivity index (χ3n) is 3.13. The number of benzene rings is 2. The lowest BCUT2D eigenvalue weighted by Crippen LogP contribution is -2.25. The van der Waals surface area contributed by atoms with E-state index in [2.05, 4.69) is 15.6 Å². The molecule has 10 heteroatoms. The van der Waals surface area contributed by atoms with E-state index in [1.54, 1.807) is 18.2 Å². The number of carbonyl (C=O) groups is 1. The van der Waals surface area contributed by atoms with Gasteiger partial charge in [0.2, 0.25) is 5.91 Å². The molecule has 26 heavy (non-hydrogen) atoms. The molecule has 0 heterocycles. The van der Waals surface area contributed by atoms with Gasteiger partial charge in [0.1, 0.15) is 12.3 Å². The Labute approximate surface area is 151 Å². The van der Waals surface area contributed by atoms with Crippen molar-refractivity contribution in [2.24, 2.45) is 10.7 Å². The molecule has 0 spiro atoms. The quantitative estimate of drug-likeness (QED) is 0.418. The van der Waals surface area contributed by atoms with Gasteiger partial charge in [-0.25, -0.2) is 18.2 Å². The van der Waals surface area contributed by atoms with Crippen LogP contribution in [0.25, 0.3) is 0 Å². The van der Waals surface area contributed by atoms with Crippen molar-refractivity contribution in [3.05, 3.63) is 52.8 Å². The van der Waals surface area contributed by atoms with Gasteiger partial charge in [-0.3, -0.25) is 4.79 Å². The number of nitrogens with zero attached hydrogens (tertiary/aromatic N) is 1. The summed E-state index contributed by atoms with van der Waals surface area (Å²) < 4.78 is 44.4. The van der Waals surface area contributed by atoms with Crippen molar-refractivity contribution in [2.45, 2.75) is 0 Å². The zero-order valence-corrected chi connectivity index (χ0v) is 14.2. The van der Waals surface area contributed by atoms with E-state index < -0.39 is 35.6 Å². The molecule has 2 rings (SSSR count). The van der Waals surface area contributed by atoms with Gasteiger partial charge in [-0.15, -0.1) is 0 Å². The summed E-state index contributed by atoms with van der Waals surface area (Å²) in [5.41, 5.74) is 5.64. The summed E-state index contributed by atoms with van der Waals surface area (Å²) >= 11 is 5.97. The summed E-state index contributed by atoms with van der Waals surface area (Å²) in [6.45, 7) is -0.471. The molecule has 6 nitrogen and oxygen atoms in total. The van der Waals surface area contributed by atoms with Gasteiger partial charge in [-0.05, 0) is 30.3 Å². The SMILES string of the molecule is COc1ccc(NC(N)=NCC(=O)Nc2ccc(F)c(F)c2F)cc1Cl. The second kappa shape index (κ2) is 8.43. The number of rotatable bonds is 5. The highest BCUT2D eigenvalue weighted by Crippen LogP contribution is 2.27. The maximum atomic E-state index is 13.5. The zero-order valence-electron chi connectivity index (χ0n) is 13.4. The second-order valence-corrected chi connectivity index (χ2v) is 5.35. The Kier molecular flexibility index (Phi) is 6.29. The van der Waals surface area contributed by atoms with Crippen molar-refractivity contribution in [1.29, 1.82) is 0 Å². The predicted octanol–water partition coefficient (Wildman–Crippen LogP) is 3.13. The number of methoxy groups -OCH3 is 1. The van der Waals surface area contributed by atoms with Crippen molar-refractivity contribution in [3.8, 4) is 5.75 Å². The lowest BCUT2D eigenvalue weighted by Gasteiger charge is -2.09. The van der Waals surface area contributed by atoms with Crippen LogP contribution in [-0.2, 0) is 4.79 Å². The van der Waals surface area contributed by atoms with Crippen LogP contribution in [0.5, 0.6) is 5.75 Å². The number of aliphatic imine (C=N–C) groups is 1. The van der Waals surface area contributed by atoms with E-state index in [9.17, 15) is 18.0 Å². The lowest BCUT2D eigenvalue weighted by molar-refractivity contribution is -0.114. The molecular formula is C16H14ClF3N4O2. The maximum absolute atomic E-state index is 13.5. The monoisotopic (exact) mass is 386 g/mol. The summed E-state index contributed by atoms with van der Waals surface area (Å²) in [5.74, 6) is -4.93. The molecule has 0 unspecified atom stereocenters. The van der Waals surface area contributed by atoms with Gasteiger partial charge in [0.05, 0.1) is 17.8 Å². The molecule has 0 aliphatic heterocycles. The molecule has 0 aliphatic carbocycles. The summed E-state index contributed by atoms with van der Waals surface area (Å²) in [6.07, 6.45) is 0. The van der Waals surface area contributed by atoms with E-state index in [1.165, 1.54) is 7.11 Å². The van der Waals surface area contributed by atoms with Crippen LogP contribution in [0.1, 0.15) is 0 Å². The minimum Gasteiger partial charge on any atom is -0.495 e. The van der Waals surface area contributed by atoms with E-state index in [1.807, 2.05) is 0 Å². The molecule has 0 fully saturated rings. The third kappa shape index (κ3) is 4.79. The Balaban J connectivity index is 1.97. The average molecular weight is 387 g/mol. The fourth-order valence-electron chi connectivity index (χ4n) is 1.90. The summed E-state index contributed by atoms with van der Waals surface area (Å²) in [5, 5.41) is 5.12. The van der Waals surface area contributed by atoms with Gasteiger partial charge < -0.3 is 21.1 Å². The minimum atomic E-state index is -1.68. The van der Waals surface area contributed by atoms with Crippen LogP contribution in [0, 0.1) is 17.5 Å². The molecule has 4 N–H and O–H groups in total. The first kappa shape index (κ1) is 19.4. The van der Waals surface area contributed by atoms with Gasteiger partial charge in [0, 0.05) is 5.69 Å². The number of ether oxygens (including phenoxy) is 1. The van der Waals surface area contributed by atoms with Crippen LogP contribution >= 0.6 is 11.6 Å². The fraction of sp³-hybridized carbons (Fsp3) is 0.125. The number of guanidine groups is 1. The highest BCUT2D eigenvalue weighted by atomic mass is 35.5. The molecule has 0 saturated carbocycles. The average Bonchev–Trinajstić information content (AvgIpc) is 2.61. The first-order valence-corrected chi connectivity index (χ1v) is 7.53. The molecule has 0 aromatic heterocycles. The first-order chi connectivity index (χ1) is 12.3. The molecule has 0 saturated heterocycles.